The number of amides is 1. The molecule has 142 valence electrons. The fourth-order valence-corrected chi connectivity index (χ4v) is 3.18. The van der Waals surface area contributed by atoms with E-state index in [4.69, 9.17) is 4.74 Å². The third-order valence-corrected chi connectivity index (χ3v) is 4.67. The van der Waals surface area contributed by atoms with Crippen molar-refractivity contribution < 1.29 is 13.9 Å². The summed E-state index contributed by atoms with van der Waals surface area (Å²) in [5.41, 5.74) is 1.92. The molecule has 0 aliphatic rings. The number of nitrogens with one attached hydrogen (secondary N) is 2. The molecule has 2 aromatic carbocycles. The topological polar surface area (TPSA) is 71.9 Å². The van der Waals surface area contributed by atoms with Crippen molar-refractivity contribution in [3.63, 3.8) is 0 Å². The van der Waals surface area contributed by atoms with E-state index in [1.807, 2.05) is 42.1 Å². The van der Waals surface area contributed by atoms with Crippen LogP contribution in [0.25, 0.3) is 10.9 Å². The van der Waals surface area contributed by atoms with Crippen molar-refractivity contribution in [1.82, 2.24) is 19.9 Å². The van der Waals surface area contributed by atoms with E-state index < -0.39 is 6.04 Å². The van der Waals surface area contributed by atoms with Crippen molar-refractivity contribution in [3.8, 4) is 5.75 Å². The number of imidazole rings is 1. The molecule has 0 aliphatic carbocycles. The minimum absolute atomic E-state index is 0.305. The average molecular weight is 378 g/mol. The molecule has 4 rings (SSSR count). The van der Waals surface area contributed by atoms with Gasteiger partial charge in [-0.2, -0.15) is 0 Å². The number of rotatable bonds is 5. The summed E-state index contributed by atoms with van der Waals surface area (Å²) < 4.78 is 20.5. The van der Waals surface area contributed by atoms with E-state index in [9.17, 15) is 9.18 Å². The van der Waals surface area contributed by atoms with Crippen LogP contribution < -0.4 is 10.1 Å². The number of methoxy groups -OCH3 is 1. The summed E-state index contributed by atoms with van der Waals surface area (Å²) in [5.74, 6) is 0.773. The number of aryl methyl sites for hydroxylation is 1. The zero-order chi connectivity index (χ0) is 19.7. The lowest BCUT2D eigenvalue weighted by molar-refractivity contribution is 0.0937. The van der Waals surface area contributed by atoms with Gasteiger partial charge in [0.1, 0.15) is 29.1 Å². The molecule has 0 radical (unpaired) electrons. The molecule has 0 aliphatic heterocycles. The number of fused-ring (bicyclic) bond motifs is 1. The molecule has 0 fully saturated rings. The van der Waals surface area contributed by atoms with Gasteiger partial charge in [0, 0.05) is 30.3 Å². The van der Waals surface area contributed by atoms with Crippen molar-refractivity contribution >= 4 is 16.8 Å². The third-order valence-electron chi connectivity index (χ3n) is 4.67. The maximum absolute atomic E-state index is 13.4. The predicted octanol–water partition coefficient (Wildman–Crippen LogP) is 3.57. The molecule has 0 bridgehead atoms. The van der Waals surface area contributed by atoms with Gasteiger partial charge in [-0.1, -0.05) is 12.1 Å². The molecule has 2 N–H and O–H groups in total. The number of hydrogen-bond acceptors (Lipinski definition) is 3. The molecular weight excluding hydrogens is 359 g/mol. The van der Waals surface area contributed by atoms with Crippen LogP contribution in [0, 0.1) is 5.82 Å². The molecule has 2 aromatic heterocycles. The maximum Gasteiger partial charge on any atom is 0.268 e. The molecule has 6 nitrogen and oxygen atoms in total. The van der Waals surface area contributed by atoms with Gasteiger partial charge in [-0.3, -0.25) is 4.79 Å². The van der Waals surface area contributed by atoms with Gasteiger partial charge in [0.15, 0.2) is 0 Å². The first kappa shape index (κ1) is 17.8. The molecule has 1 unspecified atom stereocenters. The van der Waals surface area contributed by atoms with Crippen molar-refractivity contribution in [2.75, 3.05) is 7.11 Å². The fourth-order valence-electron chi connectivity index (χ4n) is 3.18. The van der Waals surface area contributed by atoms with E-state index in [0.29, 0.717) is 22.4 Å². The summed E-state index contributed by atoms with van der Waals surface area (Å²) in [6.07, 6.45) is 3.51. The summed E-state index contributed by atoms with van der Waals surface area (Å²) in [7, 11) is 3.47. The second kappa shape index (κ2) is 7.19. The number of carbonyl (C=O) groups is 1. The normalized spacial score (nSPS) is 12.1. The fraction of sp³-hybridized carbons (Fsp3) is 0.143. The Hall–Kier alpha value is -3.61. The van der Waals surface area contributed by atoms with E-state index in [1.54, 1.807) is 25.4 Å². The van der Waals surface area contributed by atoms with Crippen molar-refractivity contribution in [2.24, 2.45) is 7.05 Å². The van der Waals surface area contributed by atoms with Crippen LogP contribution in [0.3, 0.4) is 0 Å². The number of halogens is 1. The molecule has 4 aromatic rings. The van der Waals surface area contributed by atoms with Crippen LogP contribution in [0.4, 0.5) is 4.39 Å². The average Bonchev–Trinajstić information content (AvgIpc) is 3.32. The monoisotopic (exact) mass is 378 g/mol. The van der Waals surface area contributed by atoms with E-state index in [0.717, 1.165) is 11.3 Å². The Balaban J connectivity index is 1.67. The number of ether oxygens (including phenoxy) is 1. The van der Waals surface area contributed by atoms with Gasteiger partial charge in [0.2, 0.25) is 0 Å². The predicted molar refractivity (Wildman–Crippen MR) is 104 cm³/mol. The largest absolute Gasteiger partial charge is 0.497 e. The summed E-state index contributed by atoms with van der Waals surface area (Å²) in [5, 5.41) is 3.66. The first-order chi connectivity index (χ1) is 13.5. The Bertz CT molecular complexity index is 1130. The Kier molecular flexibility index (Phi) is 4.57. The number of carbonyl (C=O) groups excluding carboxylic acids is 1. The van der Waals surface area contributed by atoms with Crippen LogP contribution in [-0.4, -0.2) is 27.6 Å². The van der Waals surface area contributed by atoms with E-state index in [2.05, 4.69) is 15.3 Å². The molecule has 0 spiro atoms. The van der Waals surface area contributed by atoms with Gasteiger partial charge in [0.05, 0.1) is 7.11 Å². The van der Waals surface area contributed by atoms with Crippen molar-refractivity contribution in [3.05, 3.63) is 83.8 Å². The van der Waals surface area contributed by atoms with Crippen LogP contribution >= 0.6 is 0 Å². The van der Waals surface area contributed by atoms with Crippen molar-refractivity contribution in [2.45, 2.75) is 6.04 Å². The van der Waals surface area contributed by atoms with E-state index in [1.165, 1.54) is 12.1 Å². The Labute approximate surface area is 161 Å². The van der Waals surface area contributed by atoms with Crippen LogP contribution in [0.15, 0.2) is 60.9 Å². The Morgan fingerprint density at radius 2 is 2.00 bits per heavy atom. The van der Waals surface area contributed by atoms with Gasteiger partial charge in [-0.15, -0.1) is 0 Å². The van der Waals surface area contributed by atoms with Gasteiger partial charge in [-0.05, 0) is 42.0 Å². The van der Waals surface area contributed by atoms with E-state index >= 15 is 0 Å². The highest BCUT2D eigenvalue weighted by molar-refractivity contribution is 5.98. The lowest BCUT2D eigenvalue weighted by Gasteiger charge is -2.19. The summed E-state index contributed by atoms with van der Waals surface area (Å²) in [6.45, 7) is 0. The van der Waals surface area contributed by atoms with Gasteiger partial charge in [0.25, 0.3) is 5.91 Å². The zero-order valence-corrected chi connectivity index (χ0v) is 15.4. The van der Waals surface area contributed by atoms with Crippen molar-refractivity contribution in [1.29, 1.82) is 0 Å². The molecule has 0 saturated heterocycles. The molecule has 2 heterocycles. The van der Waals surface area contributed by atoms with Crippen LogP contribution in [0.5, 0.6) is 5.75 Å². The quantitative estimate of drug-likeness (QED) is 0.558. The first-order valence-electron chi connectivity index (χ1n) is 8.75. The highest BCUT2D eigenvalue weighted by Crippen LogP contribution is 2.24. The Morgan fingerprint density at radius 3 is 2.68 bits per heavy atom. The number of benzene rings is 2. The molecule has 1 atom stereocenters. The van der Waals surface area contributed by atoms with Crippen LogP contribution in [0.2, 0.25) is 0 Å². The Morgan fingerprint density at radius 1 is 1.21 bits per heavy atom. The molecular formula is C21H19FN4O2. The summed E-state index contributed by atoms with van der Waals surface area (Å²) >= 11 is 0. The smallest absolute Gasteiger partial charge is 0.268 e. The first-order valence-corrected chi connectivity index (χ1v) is 8.75. The molecule has 1 amide bonds. The maximum atomic E-state index is 13.4. The highest BCUT2D eigenvalue weighted by atomic mass is 19.1. The standard InChI is InChI=1S/C21H19FN4O2/c1-26-10-9-23-20(26)19(13-3-6-16(28-2)7-4-13)25-21(27)18-12-14-11-15(22)5-8-17(14)24-18/h3-12,19,24H,1-2H3,(H,25,27). The number of aromatic amines is 1. The lowest BCUT2D eigenvalue weighted by atomic mass is 10.1. The number of aromatic nitrogens is 3. The third kappa shape index (κ3) is 3.34. The van der Waals surface area contributed by atoms with E-state index in [-0.39, 0.29) is 11.7 Å². The summed E-state index contributed by atoms with van der Waals surface area (Å²) in [6, 6.07) is 13.0. The SMILES string of the molecule is COc1ccc(C(NC(=O)c2cc3cc(F)ccc3[nH]2)c2nccn2C)cc1. The number of nitrogens with zero attached hydrogens (tertiary/aromatic N) is 2. The molecule has 28 heavy (non-hydrogen) atoms. The lowest BCUT2D eigenvalue weighted by Crippen LogP contribution is -2.31. The number of H-pyrrole nitrogens is 1. The molecule has 7 heteroatoms. The highest BCUT2D eigenvalue weighted by Gasteiger charge is 2.22. The van der Waals surface area contributed by atoms with Gasteiger partial charge >= 0.3 is 0 Å². The number of hydrogen-bond donors (Lipinski definition) is 2. The van der Waals surface area contributed by atoms with Gasteiger partial charge < -0.3 is 19.6 Å². The zero-order valence-electron chi connectivity index (χ0n) is 15.4. The second-order valence-electron chi connectivity index (χ2n) is 6.49. The van der Waals surface area contributed by atoms with Crippen LogP contribution in [0.1, 0.15) is 27.9 Å². The van der Waals surface area contributed by atoms with Gasteiger partial charge in [-0.25, -0.2) is 9.37 Å². The minimum atomic E-state index is -0.457. The minimum Gasteiger partial charge on any atom is -0.497 e. The second-order valence-corrected chi connectivity index (χ2v) is 6.49. The summed E-state index contributed by atoms with van der Waals surface area (Å²) in [4.78, 5) is 20.3. The van der Waals surface area contributed by atoms with Crippen LogP contribution in [-0.2, 0) is 7.05 Å². The molecule has 0 saturated carbocycles.